The molecule has 1 unspecified atom stereocenters. The quantitative estimate of drug-likeness (QED) is 0.701. The number of anilines is 1. The number of carbonyl (C=O) groups is 1. The number of likely N-dealkylation sites (N-methyl/N-ethyl adjacent to an activating group) is 1. The highest BCUT2D eigenvalue weighted by atomic mass is 32.2. The van der Waals surface area contributed by atoms with Crippen molar-refractivity contribution in [2.75, 3.05) is 57.0 Å². The molecule has 1 aromatic heterocycles. The largest absolute Gasteiger partial charge is 0.354 e. The number of sulfonamides is 1. The Hall–Kier alpha value is -1.71. The van der Waals surface area contributed by atoms with Gasteiger partial charge in [0.25, 0.3) is 0 Å². The van der Waals surface area contributed by atoms with Crippen LogP contribution in [0.15, 0.2) is 18.3 Å². The minimum absolute atomic E-state index is 0.0791. The molecule has 9 heteroatoms. The number of aromatic nitrogens is 1. The highest BCUT2D eigenvalue weighted by Gasteiger charge is 2.31. The standard InChI is InChI=1S/C20H33N5O3S/c1-3-13-29(27,28)25-8-4-5-18(16-25)20(26)22-15-17-6-7-19(21-14-17)24-11-9-23(2)10-12-24/h6-7,14,18H,3-5,8-13,15-16H2,1-2H3,(H,22,26). The SMILES string of the molecule is CCCS(=O)(=O)N1CCCC(C(=O)NCc2ccc(N3CCN(C)CC3)nc2)C1. The average Bonchev–Trinajstić information content (AvgIpc) is 2.73. The number of nitrogens with zero attached hydrogens (tertiary/aromatic N) is 4. The van der Waals surface area contributed by atoms with Crippen molar-refractivity contribution in [2.45, 2.75) is 32.7 Å². The molecule has 1 atom stereocenters. The van der Waals surface area contributed by atoms with Gasteiger partial charge in [-0.15, -0.1) is 0 Å². The second kappa shape index (κ2) is 9.86. The smallest absolute Gasteiger partial charge is 0.224 e. The van der Waals surface area contributed by atoms with E-state index in [0.717, 1.165) is 50.4 Å². The van der Waals surface area contributed by atoms with Gasteiger partial charge in [0.05, 0.1) is 11.7 Å². The highest BCUT2D eigenvalue weighted by molar-refractivity contribution is 7.89. The predicted molar refractivity (Wildman–Crippen MR) is 114 cm³/mol. The fourth-order valence-corrected chi connectivity index (χ4v) is 5.46. The second-order valence-electron chi connectivity index (χ2n) is 8.05. The summed E-state index contributed by atoms with van der Waals surface area (Å²) < 4.78 is 26.1. The van der Waals surface area contributed by atoms with Crippen LogP contribution in [0.3, 0.4) is 0 Å². The van der Waals surface area contributed by atoms with Crippen LogP contribution in [0, 0.1) is 5.92 Å². The van der Waals surface area contributed by atoms with Crippen LogP contribution < -0.4 is 10.2 Å². The molecule has 29 heavy (non-hydrogen) atoms. The molecule has 1 N–H and O–H groups in total. The number of rotatable bonds is 7. The van der Waals surface area contributed by atoms with Crippen LogP contribution in [0.1, 0.15) is 31.7 Å². The predicted octanol–water partition coefficient (Wildman–Crippen LogP) is 0.901. The number of nitrogens with one attached hydrogen (secondary N) is 1. The fraction of sp³-hybridized carbons (Fsp3) is 0.700. The Labute approximate surface area is 174 Å². The van der Waals surface area contributed by atoms with E-state index in [0.29, 0.717) is 19.5 Å². The molecule has 8 nitrogen and oxygen atoms in total. The van der Waals surface area contributed by atoms with Gasteiger partial charge in [0.15, 0.2) is 0 Å². The molecule has 2 saturated heterocycles. The Balaban J connectivity index is 1.50. The second-order valence-corrected chi connectivity index (χ2v) is 10.1. The van der Waals surface area contributed by atoms with Crippen molar-refractivity contribution in [1.29, 1.82) is 0 Å². The molecule has 0 aliphatic carbocycles. The van der Waals surface area contributed by atoms with Gasteiger partial charge in [-0.2, -0.15) is 0 Å². The molecule has 0 aromatic carbocycles. The van der Waals surface area contributed by atoms with Crippen molar-refractivity contribution < 1.29 is 13.2 Å². The Morgan fingerprint density at radius 2 is 1.97 bits per heavy atom. The summed E-state index contributed by atoms with van der Waals surface area (Å²) in [6.07, 6.45) is 3.85. The summed E-state index contributed by atoms with van der Waals surface area (Å²) in [5.74, 6) is 0.752. The molecule has 0 radical (unpaired) electrons. The summed E-state index contributed by atoms with van der Waals surface area (Å²) in [5, 5.41) is 2.96. The first kappa shape index (κ1) is 22.0. The maximum Gasteiger partial charge on any atom is 0.224 e. The molecule has 1 aromatic rings. The lowest BCUT2D eigenvalue weighted by Crippen LogP contribution is -2.46. The van der Waals surface area contributed by atoms with Gasteiger partial charge in [0.1, 0.15) is 5.82 Å². The van der Waals surface area contributed by atoms with E-state index < -0.39 is 10.0 Å². The third-order valence-electron chi connectivity index (χ3n) is 5.71. The first-order chi connectivity index (χ1) is 13.9. The van der Waals surface area contributed by atoms with Crippen molar-refractivity contribution in [3.05, 3.63) is 23.9 Å². The molecular weight excluding hydrogens is 390 g/mol. The van der Waals surface area contributed by atoms with E-state index in [1.807, 2.05) is 25.3 Å². The van der Waals surface area contributed by atoms with Gasteiger partial charge in [0, 0.05) is 52.0 Å². The summed E-state index contributed by atoms with van der Waals surface area (Å²) in [4.78, 5) is 21.7. The van der Waals surface area contributed by atoms with Gasteiger partial charge in [-0.1, -0.05) is 13.0 Å². The van der Waals surface area contributed by atoms with E-state index in [4.69, 9.17) is 0 Å². The van der Waals surface area contributed by atoms with Crippen LogP contribution >= 0.6 is 0 Å². The van der Waals surface area contributed by atoms with Gasteiger partial charge < -0.3 is 15.1 Å². The number of pyridine rings is 1. The third-order valence-corrected chi connectivity index (χ3v) is 7.76. The van der Waals surface area contributed by atoms with Crippen molar-refractivity contribution in [3.8, 4) is 0 Å². The van der Waals surface area contributed by atoms with Crippen LogP contribution in [-0.4, -0.2) is 80.6 Å². The van der Waals surface area contributed by atoms with Crippen molar-refractivity contribution in [2.24, 2.45) is 5.92 Å². The summed E-state index contributed by atoms with van der Waals surface area (Å²) >= 11 is 0. The van der Waals surface area contributed by atoms with E-state index in [1.54, 1.807) is 0 Å². The zero-order valence-electron chi connectivity index (χ0n) is 17.5. The lowest BCUT2D eigenvalue weighted by Gasteiger charge is -2.33. The lowest BCUT2D eigenvalue weighted by molar-refractivity contribution is -0.126. The molecule has 2 aliphatic heterocycles. The monoisotopic (exact) mass is 423 g/mol. The summed E-state index contributed by atoms with van der Waals surface area (Å²) in [5.41, 5.74) is 0.947. The van der Waals surface area contributed by atoms with Gasteiger partial charge in [-0.25, -0.2) is 17.7 Å². The molecule has 3 rings (SSSR count). The molecule has 3 heterocycles. The lowest BCUT2D eigenvalue weighted by atomic mass is 9.99. The number of piperidine rings is 1. The summed E-state index contributed by atoms with van der Waals surface area (Å²) in [6.45, 7) is 7.08. The fourth-order valence-electron chi connectivity index (χ4n) is 3.87. The average molecular weight is 424 g/mol. The minimum Gasteiger partial charge on any atom is -0.354 e. The van der Waals surface area contributed by atoms with E-state index >= 15 is 0 Å². The van der Waals surface area contributed by atoms with Crippen molar-refractivity contribution in [1.82, 2.24) is 19.5 Å². The van der Waals surface area contributed by atoms with E-state index in [-0.39, 0.29) is 24.1 Å². The zero-order chi connectivity index (χ0) is 20.9. The Bertz CT molecular complexity index is 776. The normalized spacial score (nSPS) is 21.9. The molecule has 1 amide bonds. The maximum absolute atomic E-state index is 12.6. The van der Waals surface area contributed by atoms with E-state index in [1.165, 1.54) is 4.31 Å². The van der Waals surface area contributed by atoms with Crippen LogP contribution in [0.2, 0.25) is 0 Å². The topological polar surface area (TPSA) is 85.8 Å². The number of hydrogen-bond acceptors (Lipinski definition) is 6. The minimum atomic E-state index is -3.25. The van der Waals surface area contributed by atoms with Crippen LogP contribution in [0.25, 0.3) is 0 Å². The number of carbonyl (C=O) groups excluding carboxylic acids is 1. The van der Waals surface area contributed by atoms with E-state index in [2.05, 4.69) is 27.1 Å². The number of hydrogen-bond donors (Lipinski definition) is 1. The first-order valence-corrected chi connectivity index (χ1v) is 12.1. The van der Waals surface area contributed by atoms with Crippen LogP contribution in [0.5, 0.6) is 0 Å². The molecule has 162 valence electrons. The first-order valence-electron chi connectivity index (χ1n) is 10.5. The highest BCUT2D eigenvalue weighted by Crippen LogP contribution is 2.20. The number of piperazine rings is 1. The Kier molecular flexibility index (Phi) is 7.48. The van der Waals surface area contributed by atoms with E-state index in [9.17, 15) is 13.2 Å². The Morgan fingerprint density at radius 1 is 1.21 bits per heavy atom. The molecule has 0 saturated carbocycles. The van der Waals surface area contributed by atoms with Gasteiger partial charge in [-0.3, -0.25) is 4.79 Å². The zero-order valence-corrected chi connectivity index (χ0v) is 18.3. The molecular formula is C20H33N5O3S. The van der Waals surface area contributed by atoms with Gasteiger partial charge in [0.2, 0.25) is 15.9 Å². The molecule has 2 fully saturated rings. The van der Waals surface area contributed by atoms with Crippen molar-refractivity contribution >= 4 is 21.7 Å². The van der Waals surface area contributed by atoms with Gasteiger partial charge in [-0.05, 0) is 37.9 Å². The summed E-state index contributed by atoms with van der Waals surface area (Å²) in [6, 6.07) is 4.01. The molecule has 0 spiro atoms. The molecule has 2 aliphatic rings. The van der Waals surface area contributed by atoms with Crippen LogP contribution in [0.4, 0.5) is 5.82 Å². The van der Waals surface area contributed by atoms with Crippen molar-refractivity contribution in [3.63, 3.8) is 0 Å². The Morgan fingerprint density at radius 3 is 2.62 bits per heavy atom. The third kappa shape index (κ3) is 5.90. The number of amides is 1. The van der Waals surface area contributed by atoms with Gasteiger partial charge >= 0.3 is 0 Å². The molecule has 0 bridgehead atoms. The van der Waals surface area contributed by atoms with Crippen LogP contribution in [-0.2, 0) is 21.4 Å². The maximum atomic E-state index is 12.6. The summed E-state index contributed by atoms with van der Waals surface area (Å²) in [7, 11) is -1.12.